The molecule has 2 aromatic rings. The maximum atomic E-state index is 12.3. The summed E-state index contributed by atoms with van der Waals surface area (Å²) in [5, 5.41) is 6.70. The van der Waals surface area contributed by atoms with Gasteiger partial charge in [-0.25, -0.2) is 0 Å². The number of nitrogens with one attached hydrogen (secondary N) is 2. The van der Waals surface area contributed by atoms with Gasteiger partial charge in [-0.3, -0.25) is 4.79 Å². The van der Waals surface area contributed by atoms with Crippen molar-refractivity contribution in [2.75, 3.05) is 0 Å². The number of rotatable bonds is 6. The van der Waals surface area contributed by atoms with Gasteiger partial charge in [0.25, 0.3) is 0 Å². The molecule has 2 saturated heterocycles. The fourth-order valence-electron chi connectivity index (χ4n) is 4.18. The van der Waals surface area contributed by atoms with Gasteiger partial charge in [-0.2, -0.15) is 0 Å². The molecule has 2 unspecified atom stereocenters. The van der Waals surface area contributed by atoms with Crippen LogP contribution >= 0.6 is 12.4 Å². The highest BCUT2D eigenvalue weighted by molar-refractivity contribution is 5.85. The third-order valence-corrected chi connectivity index (χ3v) is 5.44. The Bertz CT molecular complexity index is 724. The molecule has 2 N–H and O–H groups in total. The molecule has 2 aromatic carbocycles. The monoisotopic (exact) mass is 386 g/mol. The van der Waals surface area contributed by atoms with E-state index in [-0.39, 0.29) is 18.3 Å². The van der Waals surface area contributed by atoms with Crippen molar-refractivity contribution in [3.8, 4) is 11.5 Å². The number of para-hydroxylation sites is 1. The number of halogens is 1. The topological polar surface area (TPSA) is 50.4 Å². The minimum atomic E-state index is 0. The van der Waals surface area contributed by atoms with E-state index in [2.05, 4.69) is 10.6 Å². The highest BCUT2D eigenvalue weighted by Crippen LogP contribution is 2.32. The van der Waals surface area contributed by atoms with E-state index in [9.17, 15) is 4.79 Å². The van der Waals surface area contributed by atoms with Crippen molar-refractivity contribution < 1.29 is 9.53 Å². The molecule has 0 aliphatic carbocycles. The second-order valence-corrected chi connectivity index (χ2v) is 7.52. The van der Waals surface area contributed by atoms with E-state index >= 15 is 0 Å². The fraction of sp³-hybridized carbons (Fsp3) is 0.409. The van der Waals surface area contributed by atoms with E-state index in [1.807, 2.05) is 54.6 Å². The maximum absolute atomic E-state index is 12.3. The summed E-state index contributed by atoms with van der Waals surface area (Å²) in [6, 6.07) is 18.9. The van der Waals surface area contributed by atoms with Gasteiger partial charge in [0.15, 0.2) is 0 Å². The van der Waals surface area contributed by atoms with Crippen LogP contribution in [0.1, 0.15) is 37.7 Å². The van der Waals surface area contributed by atoms with Crippen LogP contribution in [-0.4, -0.2) is 18.0 Å². The van der Waals surface area contributed by atoms with E-state index in [4.69, 9.17) is 4.74 Å². The van der Waals surface area contributed by atoms with Gasteiger partial charge in [-0.15, -0.1) is 12.4 Å². The largest absolute Gasteiger partial charge is 0.457 e. The molecule has 2 aliphatic rings. The summed E-state index contributed by atoms with van der Waals surface area (Å²) in [5.41, 5.74) is 1.09. The Labute approximate surface area is 167 Å². The molecule has 2 bridgehead atoms. The van der Waals surface area contributed by atoms with Crippen molar-refractivity contribution in [3.63, 3.8) is 0 Å². The third-order valence-electron chi connectivity index (χ3n) is 5.44. The Balaban J connectivity index is 0.00000210. The number of carbonyl (C=O) groups excluding carboxylic acids is 1. The van der Waals surface area contributed by atoms with Crippen LogP contribution in [0.2, 0.25) is 0 Å². The second kappa shape index (κ2) is 9.25. The lowest BCUT2D eigenvalue weighted by atomic mass is 9.89. The van der Waals surface area contributed by atoms with Gasteiger partial charge in [0, 0.05) is 25.0 Å². The standard InChI is InChI=1S/C22H26N2O2.ClH/c25-22(14-17-12-18-8-9-19(13-17)24-18)23-15-16-6-10-21(11-7-16)26-20-4-2-1-3-5-20;/h1-7,10-11,17-19,24H,8-9,12-15H2,(H,23,25);1H. The molecule has 2 heterocycles. The SMILES string of the molecule is Cl.O=C(CC1CC2CCC(C1)N2)NCc1ccc(Oc2ccccc2)cc1. The van der Waals surface area contributed by atoms with E-state index < -0.39 is 0 Å². The molecule has 144 valence electrons. The van der Waals surface area contributed by atoms with E-state index in [0.29, 0.717) is 31.0 Å². The smallest absolute Gasteiger partial charge is 0.220 e. The Hall–Kier alpha value is -2.04. The van der Waals surface area contributed by atoms with E-state index in [1.165, 1.54) is 12.8 Å². The number of hydrogen-bond acceptors (Lipinski definition) is 3. The summed E-state index contributed by atoms with van der Waals surface area (Å²) in [5.74, 6) is 2.33. The first-order valence-corrected chi connectivity index (χ1v) is 9.59. The van der Waals surface area contributed by atoms with Crippen LogP contribution in [0.25, 0.3) is 0 Å². The van der Waals surface area contributed by atoms with Crippen molar-refractivity contribution in [2.24, 2.45) is 5.92 Å². The molecule has 0 radical (unpaired) electrons. The molecule has 27 heavy (non-hydrogen) atoms. The molecule has 0 saturated carbocycles. The van der Waals surface area contributed by atoms with Gasteiger partial charge in [0.2, 0.25) is 5.91 Å². The first-order valence-electron chi connectivity index (χ1n) is 9.59. The molecular weight excluding hydrogens is 360 g/mol. The number of piperidine rings is 1. The zero-order chi connectivity index (χ0) is 17.8. The predicted molar refractivity (Wildman–Crippen MR) is 109 cm³/mol. The van der Waals surface area contributed by atoms with Crippen LogP contribution in [-0.2, 0) is 11.3 Å². The van der Waals surface area contributed by atoms with Crippen LogP contribution in [0, 0.1) is 5.92 Å². The summed E-state index contributed by atoms with van der Waals surface area (Å²) >= 11 is 0. The number of benzene rings is 2. The van der Waals surface area contributed by atoms with Crippen LogP contribution in [0.3, 0.4) is 0 Å². The fourth-order valence-corrected chi connectivity index (χ4v) is 4.18. The minimum absolute atomic E-state index is 0. The molecule has 0 spiro atoms. The average molecular weight is 387 g/mol. The Morgan fingerprint density at radius 1 is 0.963 bits per heavy atom. The quantitative estimate of drug-likeness (QED) is 0.771. The molecule has 0 aromatic heterocycles. The Morgan fingerprint density at radius 3 is 2.26 bits per heavy atom. The average Bonchev–Trinajstić information content (AvgIpc) is 3.00. The van der Waals surface area contributed by atoms with Gasteiger partial charge in [0.05, 0.1) is 0 Å². The highest BCUT2D eigenvalue weighted by atomic mass is 35.5. The van der Waals surface area contributed by atoms with Crippen molar-refractivity contribution in [3.05, 3.63) is 60.2 Å². The second-order valence-electron chi connectivity index (χ2n) is 7.52. The van der Waals surface area contributed by atoms with Crippen LogP contribution in [0.5, 0.6) is 11.5 Å². The molecule has 4 rings (SSSR count). The molecule has 2 atom stereocenters. The number of carbonyl (C=O) groups is 1. The molecule has 5 heteroatoms. The molecular formula is C22H27ClN2O2. The Kier molecular flexibility index (Phi) is 6.75. The molecule has 1 amide bonds. The summed E-state index contributed by atoms with van der Waals surface area (Å²) in [6.45, 7) is 0.572. The van der Waals surface area contributed by atoms with Gasteiger partial charge in [-0.05, 0) is 61.4 Å². The summed E-state index contributed by atoms with van der Waals surface area (Å²) in [6.07, 6.45) is 5.51. The highest BCUT2D eigenvalue weighted by Gasteiger charge is 2.34. The van der Waals surface area contributed by atoms with Crippen LogP contribution < -0.4 is 15.4 Å². The van der Waals surface area contributed by atoms with Gasteiger partial charge >= 0.3 is 0 Å². The molecule has 2 fully saturated rings. The summed E-state index contributed by atoms with van der Waals surface area (Å²) < 4.78 is 5.79. The summed E-state index contributed by atoms with van der Waals surface area (Å²) in [4.78, 5) is 12.3. The first-order chi connectivity index (χ1) is 12.7. The van der Waals surface area contributed by atoms with E-state index in [1.54, 1.807) is 0 Å². The first kappa shape index (κ1) is 19.7. The third kappa shape index (κ3) is 5.47. The van der Waals surface area contributed by atoms with Crippen molar-refractivity contribution in [1.82, 2.24) is 10.6 Å². The van der Waals surface area contributed by atoms with Crippen molar-refractivity contribution in [2.45, 2.75) is 50.7 Å². The number of ether oxygens (including phenoxy) is 1. The van der Waals surface area contributed by atoms with Crippen LogP contribution in [0.4, 0.5) is 0 Å². The lowest BCUT2D eigenvalue weighted by Crippen LogP contribution is -2.39. The van der Waals surface area contributed by atoms with Gasteiger partial charge in [0.1, 0.15) is 11.5 Å². The van der Waals surface area contributed by atoms with Gasteiger partial charge < -0.3 is 15.4 Å². The zero-order valence-corrected chi connectivity index (χ0v) is 16.2. The molecule has 2 aliphatic heterocycles. The molecule has 4 nitrogen and oxygen atoms in total. The maximum Gasteiger partial charge on any atom is 0.220 e. The lowest BCUT2D eigenvalue weighted by Gasteiger charge is -2.28. The predicted octanol–water partition coefficient (Wildman–Crippen LogP) is 4.44. The number of amides is 1. The normalized spacial score (nSPS) is 23.3. The lowest BCUT2D eigenvalue weighted by molar-refractivity contribution is -0.122. The Morgan fingerprint density at radius 2 is 1.59 bits per heavy atom. The zero-order valence-electron chi connectivity index (χ0n) is 15.4. The summed E-state index contributed by atoms with van der Waals surface area (Å²) in [7, 11) is 0. The number of hydrogen-bond donors (Lipinski definition) is 2. The van der Waals surface area contributed by atoms with E-state index in [0.717, 1.165) is 29.9 Å². The van der Waals surface area contributed by atoms with Gasteiger partial charge in [-0.1, -0.05) is 30.3 Å². The van der Waals surface area contributed by atoms with Crippen molar-refractivity contribution >= 4 is 18.3 Å². The van der Waals surface area contributed by atoms with Crippen molar-refractivity contribution in [1.29, 1.82) is 0 Å². The minimum Gasteiger partial charge on any atom is -0.457 e. The van der Waals surface area contributed by atoms with Crippen LogP contribution in [0.15, 0.2) is 54.6 Å². The number of fused-ring (bicyclic) bond motifs is 2.